The minimum Gasteiger partial charge on any atom is -0.504 e. The van der Waals surface area contributed by atoms with Crippen molar-refractivity contribution in [3.8, 4) is 5.75 Å². The van der Waals surface area contributed by atoms with E-state index < -0.39 is 37.1 Å². The number of nitrogens with one attached hydrogen (secondary N) is 1. The average Bonchev–Trinajstić information content (AvgIpc) is 2.41. The summed E-state index contributed by atoms with van der Waals surface area (Å²) in [6.07, 6.45) is 1.24. The fourth-order valence-corrected chi connectivity index (χ4v) is 2.50. The molecule has 10 heteroatoms. The number of benzene rings is 1. The lowest BCUT2D eigenvalue weighted by Gasteiger charge is -2.08. The summed E-state index contributed by atoms with van der Waals surface area (Å²) in [4.78, 5) is 12.7. The van der Waals surface area contributed by atoms with Crippen LogP contribution in [0.15, 0.2) is 41.4 Å². The van der Waals surface area contributed by atoms with Crippen LogP contribution in [0.1, 0.15) is 0 Å². The summed E-state index contributed by atoms with van der Waals surface area (Å²) in [5, 5.41) is 20.1. The molecule has 1 aromatic carbocycles. The molecular formula is C11H8FN3O5S. The summed E-state index contributed by atoms with van der Waals surface area (Å²) in [5.41, 5.74) is -0.969. The highest BCUT2D eigenvalue weighted by molar-refractivity contribution is 7.92. The van der Waals surface area contributed by atoms with E-state index in [1.54, 1.807) is 0 Å². The number of sulfonamides is 1. The van der Waals surface area contributed by atoms with Crippen molar-refractivity contribution < 1.29 is 22.8 Å². The van der Waals surface area contributed by atoms with Crippen LogP contribution >= 0.6 is 0 Å². The summed E-state index contributed by atoms with van der Waals surface area (Å²) in [7, 11) is -4.25. The Morgan fingerprint density at radius 1 is 1.33 bits per heavy atom. The monoisotopic (exact) mass is 313 g/mol. The average molecular weight is 313 g/mol. The summed E-state index contributed by atoms with van der Waals surface area (Å²) in [5.74, 6) is -1.92. The van der Waals surface area contributed by atoms with E-state index >= 15 is 0 Å². The normalized spacial score (nSPS) is 11.1. The van der Waals surface area contributed by atoms with Crippen LogP contribution in [0.25, 0.3) is 0 Å². The first-order valence-electron chi connectivity index (χ1n) is 5.42. The molecule has 0 saturated carbocycles. The van der Waals surface area contributed by atoms with Gasteiger partial charge in [-0.3, -0.25) is 14.8 Å². The maximum atomic E-state index is 13.2. The minimum absolute atomic E-state index is 0.343. The van der Waals surface area contributed by atoms with E-state index in [0.29, 0.717) is 12.1 Å². The van der Waals surface area contributed by atoms with Crippen LogP contribution in [0.2, 0.25) is 0 Å². The van der Waals surface area contributed by atoms with Crippen molar-refractivity contribution in [2.24, 2.45) is 0 Å². The number of anilines is 1. The molecule has 110 valence electrons. The second kappa shape index (κ2) is 5.32. The van der Waals surface area contributed by atoms with E-state index in [-0.39, 0.29) is 5.82 Å². The maximum Gasteiger partial charge on any atom is 0.306 e. The minimum atomic E-state index is -4.25. The molecule has 1 heterocycles. The first-order chi connectivity index (χ1) is 9.81. The molecule has 0 bridgehead atoms. The second-order valence-electron chi connectivity index (χ2n) is 3.85. The Labute approximate surface area is 118 Å². The number of hydrogen-bond donors (Lipinski definition) is 2. The highest BCUT2D eigenvalue weighted by atomic mass is 32.2. The van der Waals surface area contributed by atoms with Crippen molar-refractivity contribution in [2.75, 3.05) is 4.72 Å². The number of aromatic hydroxyl groups is 1. The van der Waals surface area contributed by atoms with Gasteiger partial charge in [0.25, 0.3) is 10.0 Å². The Kier molecular flexibility index (Phi) is 3.72. The lowest BCUT2D eigenvalue weighted by molar-refractivity contribution is -0.387. The molecule has 0 saturated heterocycles. The quantitative estimate of drug-likeness (QED) is 0.653. The Balaban J connectivity index is 2.43. The third kappa shape index (κ3) is 3.05. The van der Waals surface area contributed by atoms with Crippen LogP contribution in [0.5, 0.6) is 5.75 Å². The molecule has 0 aliphatic rings. The summed E-state index contributed by atoms with van der Waals surface area (Å²) in [6.45, 7) is 0. The highest BCUT2D eigenvalue weighted by Crippen LogP contribution is 2.25. The van der Waals surface area contributed by atoms with Crippen molar-refractivity contribution in [3.63, 3.8) is 0 Å². The molecular weight excluding hydrogens is 305 g/mol. The number of pyridine rings is 1. The van der Waals surface area contributed by atoms with E-state index in [1.807, 2.05) is 4.72 Å². The number of nitro benzene ring substituents is 1. The molecule has 2 rings (SSSR count). The molecule has 0 radical (unpaired) electrons. The standard InChI is InChI=1S/C11H8FN3O5S/c12-8-4-3-7(6-9(8)15(17)18)21(19,20)14-11-10(16)2-1-5-13-11/h1-6,16H,(H,13,14). The first-order valence-corrected chi connectivity index (χ1v) is 6.90. The third-order valence-electron chi connectivity index (χ3n) is 2.44. The van der Waals surface area contributed by atoms with Crippen molar-refractivity contribution in [1.29, 1.82) is 0 Å². The van der Waals surface area contributed by atoms with Crippen LogP contribution < -0.4 is 4.72 Å². The number of halogens is 1. The zero-order chi connectivity index (χ0) is 15.6. The molecule has 0 atom stereocenters. The lowest BCUT2D eigenvalue weighted by atomic mass is 10.3. The molecule has 0 fully saturated rings. The van der Waals surface area contributed by atoms with Gasteiger partial charge in [0.2, 0.25) is 5.82 Å². The van der Waals surface area contributed by atoms with Crippen molar-refractivity contribution >= 4 is 21.5 Å². The Bertz CT molecular complexity index is 809. The van der Waals surface area contributed by atoms with E-state index in [0.717, 1.165) is 6.07 Å². The Hall–Kier alpha value is -2.75. The number of rotatable bonds is 4. The SMILES string of the molecule is O=[N+]([O-])c1cc(S(=O)(=O)Nc2ncccc2O)ccc1F. The topological polar surface area (TPSA) is 122 Å². The number of aromatic nitrogens is 1. The zero-order valence-electron chi connectivity index (χ0n) is 10.2. The van der Waals surface area contributed by atoms with Gasteiger partial charge >= 0.3 is 5.69 Å². The van der Waals surface area contributed by atoms with Gasteiger partial charge in [0.05, 0.1) is 9.82 Å². The van der Waals surface area contributed by atoms with Gasteiger partial charge in [0, 0.05) is 12.3 Å². The summed E-state index contributed by atoms with van der Waals surface area (Å²) < 4.78 is 39.2. The fraction of sp³-hybridized carbons (Fsp3) is 0. The van der Waals surface area contributed by atoms with Gasteiger partial charge in [0.15, 0.2) is 11.6 Å². The molecule has 0 aliphatic carbocycles. The van der Waals surface area contributed by atoms with Gasteiger partial charge < -0.3 is 5.11 Å². The zero-order valence-corrected chi connectivity index (χ0v) is 11.0. The van der Waals surface area contributed by atoms with Gasteiger partial charge in [-0.25, -0.2) is 13.4 Å². The first kappa shape index (κ1) is 14.7. The van der Waals surface area contributed by atoms with E-state index in [9.17, 15) is 28.0 Å². The van der Waals surface area contributed by atoms with Crippen LogP contribution in [-0.2, 0) is 10.0 Å². The smallest absolute Gasteiger partial charge is 0.306 e. The fourth-order valence-electron chi connectivity index (χ4n) is 1.46. The number of nitrogens with zero attached hydrogens (tertiary/aromatic N) is 2. The maximum absolute atomic E-state index is 13.2. The predicted octanol–water partition coefficient (Wildman–Crippen LogP) is 1.64. The molecule has 0 unspecified atom stereocenters. The summed E-state index contributed by atoms with van der Waals surface area (Å²) >= 11 is 0. The van der Waals surface area contributed by atoms with Crippen LogP contribution in [-0.4, -0.2) is 23.4 Å². The van der Waals surface area contributed by atoms with E-state index in [4.69, 9.17) is 0 Å². The predicted molar refractivity (Wildman–Crippen MR) is 69.8 cm³/mol. The van der Waals surface area contributed by atoms with Gasteiger partial charge in [-0.05, 0) is 24.3 Å². The van der Waals surface area contributed by atoms with E-state index in [2.05, 4.69) is 4.98 Å². The van der Waals surface area contributed by atoms with Crippen LogP contribution in [0, 0.1) is 15.9 Å². The number of nitro groups is 1. The molecule has 1 aromatic heterocycles. The van der Waals surface area contributed by atoms with Crippen LogP contribution in [0.4, 0.5) is 15.9 Å². The molecule has 0 amide bonds. The van der Waals surface area contributed by atoms with Crippen molar-refractivity contribution in [2.45, 2.75) is 4.90 Å². The number of hydrogen-bond acceptors (Lipinski definition) is 6. The van der Waals surface area contributed by atoms with Crippen LogP contribution in [0.3, 0.4) is 0 Å². The van der Waals surface area contributed by atoms with E-state index in [1.165, 1.54) is 18.3 Å². The Morgan fingerprint density at radius 2 is 2.05 bits per heavy atom. The van der Waals surface area contributed by atoms with Gasteiger partial charge in [-0.1, -0.05) is 0 Å². The second-order valence-corrected chi connectivity index (χ2v) is 5.53. The van der Waals surface area contributed by atoms with Gasteiger partial charge in [0.1, 0.15) is 0 Å². The van der Waals surface area contributed by atoms with Gasteiger partial charge in [-0.15, -0.1) is 0 Å². The Morgan fingerprint density at radius 3 is 2.67 bits per heavy atom. The molecule has 0 spiro atoms. The molecule has 8 nitrogen and oxygen atoms in total. The molecule has 21 heavy (non-hydrogen) atoms. The third-order valence-corrected chi connectivity index (χ3v) is 3.78. The molecule has 0 aliphatic heterocycles. The molecule has 2 N–H and O–H groups in total. The van der Waals surface area contributed by atoms with Crippen molar-refractivity contribution in [3.05, 3.63) is 52.5 Å². The molecule has 2 aromatic rings. The lowest BCUT2D eigenvalue weighted by Crippen LogP contribution is -2.14. The summed E-state index contributed by atoms with van der Waals surface area (Å²) in [6, 6.07) is 4.71. The largest absolute Gasteiger partial charge is 0.504 e. The highest BCUT2D eigenvalue weighted by Gasteiger charge is 2.22. The van der Waals surface area contributed by atoms with Gasteiger partial charge in [-0.2, -0.15) is 4.39 Å². The van der Waals surface area contributed by atoms with Crippen molar-refractivity contribution in [1.82, 2.24) is 4.98 Å².